The number of alkyl halides is 2. The van der Waals surface area contributed by atoms with Crippen LogP contribution >= 0.6 is 0 Å². The Morgan fingerprint density at radius 2 is 1.68 bits per heavy atom. The van der Waals surface area contributed by atoms with Crippen molar-refractivity contribution in [1.82, 2.24) is 5.06 Å². The number of halogens is 2. The zero-order valence-corrected chi connectivity index (χ0v) is 9.43. The molecule has 0 radical (unpaired) electrons. The largest absolute Gasteiger partial charge is 0.342 e. The molecule has 19 heavy (non-hydrogen) atoms. The first kappa shape index (κ1) is 11.8. The van der Waals surface area contributed by atoms with E-state index >= 15 is 0 Å². The molecule has 1 aromatic carbocycles. The minimum Gasteiger partial charge on any atom is -0.329 e. The lowest BCUT2D eigenvalue weighted by Crippen LogP contribution is -2.33. The van der Waals surface area contributed by atoms with Gasteiger partial charge in [-0.05, 0) is 12.1 Å². The van der Waals surface area contributed by atoms with Gasteiger partial charge in [0, 0.05) is 6.42 Å². The van der Waals surface area contributed by atoms with E-state index in [0.29, 0.717) is 0 Å². The fourth-order valence-corrected chi connectivity index (χ4v) is 1.87. The highest BCUT2D eigenvalue weighted by molar-refractivity contribution is 6.20. The van der Waals surface area contributed by atoms with Crippen LogP contribution in [0.25, 0.3) is 0 Å². The number of carbonyl (C=O) groups excluding carboxylic acids is 3. The van der Waals surface area contributed by atoms with Crippen LogP contribution < -0.4 is 0 Å². The van der Waals surface area contributed by atoms with Crippen LogP contribution in [0.5, 0.6) is 0 Å². The van der Waals surface area contributed by atoms with E-state index in [9.17, 15) is 23.2 Å². The molecule has 0 aromatic heterocycles. The van der Waals surface area contributed by atoms with Crippen LogP contribution in [-0.2, 0) is 9.63 Å². The van der Waals surface area contributed by atoms with Gasteiger partial charge in [0.05, 0.1) is 11.1 Å². The topological polar surface area (TPSA) is 63.7 Å². The molecule has 0 N–H and O–H groups in total. The number of imide groups is 1. The van der Waals surface area contributed by atoms with Gasteiger partial charge in [-0.3, -0.25) is 9.59 Å². The summed E-state index contributed by atoms with van der Waals surface area (Å²) in [6.07, 6.45) is -0.616. The molecule has 1 aliphatic heterocycles. The van der Waals surface area contributed by atoms with Crippen LogP contribution in [0.4, 0.5) is 8.78 Å². The highest BCUT2D eigenvalue weighted by Crippen LogP contribution is 2.49. The molecule has 0 spiro atoms. The van der Waals surface area contributed by atoms with Gasteiger partial charge in [0.2, 0.25) is 0 Å². The van der Waals surface area contributed by atoms with Crippen molar-refractivity contribution in [3.8, 4) is 0 Å². The van der Waals surface area contributed by atoms with Gasteiger partial charge in [-0.1, -0.05) is 17.2 Å². The predicted molar refractivity (Wildman–Crippen MR) is 56.1 cm³/mol. The Kier molecular flexibility index (Phi) is 2.23. The van der Waals surface area contributed by atoms with Crippen LogP contribution in [0.15, 0.2) is 24.3 Å². The van der Waals surface area contributed by atoms with E-state index in [2.05, 4.69) is 4.84 Å². The van der Waals surface area contributed by atoms with Gasteiger partial charge < -0.3 is 4.84 Å². The molecule has 1 aliphatic carbocycles. The Morgan fingerprint density at radius 1 is 1.21 bits per heavy atom. The standard InChI is InChI=1S/C12H7F2NO4/c13-12(14)5-8(12)11(18)19-15-9(16)6-3-1-2-4-7(6)10(15)17/h1-4,8H,5H2/t8-/m0/s1. The Labute approximate surface area is 105 Å². The molecule has 1 fully saturated rings. The molecule has 2 aliphatic rings. The maximum atomic E-state index is 12.7. The van der Waals surface area contributed by atoms with E-state index in [1.54, 1.807) is 12.1 Å². The van der Waals surface area contributed by atoms with Crippen LogP contribution in [-0.4, -0.2) is 28.8 Å². The molecule has 1 atom stereocenters. The average Bonchev–Trinajstić information content (AvgIpc) is 2.96. The van der Waals surface area contributed by atoms with Gasteiger partial charge in [-0.2, -0.15) is 0 Å². The second-order valence-electron chi connectivity index (χ2n) is 4.38. The number of hydrogen-bond acceptors (Lipinski definition) is 4. The number of rotatable bonds is 2. The summed E-state index contributed by atoms with van der Waals surface area (Å²) in [4.78, 5) is 39.4. The van der Waals surface area contributed by atoms with Gasteiger partial charge in [-0.15, -0.1) is 0 Å². The molecule has 1 saturated carbocycles. The lowest BCUT2D eigenvalue weighted by Gasteiger charge is -2.12. The molecule has 0 unspecified atom stereocenters. The third kappa shape index (κ3) is 1.69. The summed E-state index contributed by atoms with van der Waals surface area (Å²) in [5, 5.41) is 0.237. The SMILES string of the molecule is O=C(ON1C(=O)c2ccccc2C1=O)[C@@H]1CC1(F)F. The van der Waals surface area contributed by atoms with Crippen LogP contribution in [0, 0.1) is 5.92 Å². The lowest BCUT2D eigenvalue weighted by atomic mass is 10.1. The molecule has 3 rings (SSSR count). The number of carbonyl (C=O) groups is 3. The summed E-state index contributed by atoms with van der Waals surface area (Å²) in [6, 6.07) is 5.89. The number of amides is 2. The number of nitrogens with zero attached hydrogens (tertiary/aromatic N) is 1. The average molecular weight is 267 g/mol. The van der Waals surface area contributed by atoms with Crippen molar-refractivity contribution in [3.05, 3.63) is 35.4 Å². The Bertz CT molecular complexity index is 579. The van der Waals surface area contributed by atoms with Crippen molar-refractivity contribution >= 4 is 17.8 Å². The van der Waals surface area contributed by atoms with Crippen LogP contribution in [0.2, 0.25) is 0 Å². The van der Waals surface area contributed by atoms with E-state index in [1.165, 1.54) is 12.1 Å². The Hall–Kier alpha value is -2.31. The van der Waals surface area contributed by atoms with Crippen LogP contribution in [0.1, 0.15) is 27.1 Å². The molecule has 5 nitrogen and oxygen atoms in total. The Balaban J connectivity index is 1.80. The highest BCUT2D eigenvalue weighted by atomic mass is 19.3. The fraction of sp³-hybridized carbons (Fsp3) is 0.250. The summed E-state index contributed by atoms with van der Waals surface area (Å²) in [7, 11) is 0. The van der Waals surface area contributed by atoms with Gasteiger partial charge in [0.15, 0.2) is 0 Å². The zero-order valence-electron chi connectivity index (χ0n) is 9.43. The monoisotopic (exact) mass is 267 g/mol. The van der Waals surface area contributed by atoms with Crippen molar-refractivity contribution in [2.75, 3.05) is 0 Å². The van der Waals surface area contributed by atoms with Gasteiger partial charge in [-0.25, -0.2) is 13.6 Å². The molecule has 2 amide bonds. The summed E-state index contributed by atoms with van der Waals surface area (Å²) < 4.78 is 25.4. The number of hydrogen-bond donors (Lipinski definition) is 0. The lowest BCUT2D eigenvalue weighted by molar-refractivity contribution is -0.172. The Morgan fingerprint density at radius 3 is 2.11 bits per heavy atom. The first-order valence-corrected chi connectivity index (χ1v) is 5.49. The third-order valence-electron chi connectivity index (χ3n) is 3.05. The molecular formula is C12H7F2NO4. The van der Waals surface area contributed by atoms with Crippen molar-refractivity contribution in [2.45, 2.75) is 12.3 Å². The van der Waals surface area contributed by atoms with Crippen molar-refractivity contribution in [3.63, 3.8) is 0 Å². The summed E-state index contributed by atoms with van der Waals surface area (Å²) in [5.74, 6) is -7.58. The zero-order chi connectivity index (χ0) is 13.8. The first-order chi connectivity index (χ1) is 8.92. The summed E-state index contributed by atoms with van der Waals surface area (Å²) >= 11 is 0. The van der Waals surface area contributed by atoms with Crippen LogP contribution in [0.3, 0.4) is 0 Å². The van der Waals surface area contributed by atoms with Gasteiger partial charge in [0.1, 0.15) is 5.92 Å². The normalized spacial score (nSPS) is 23.3. The molecule has 1 heterocycles. The number of fused-ring (bicyclic) bond motifs is 1. The number of hydroxylamine groups is 2. The molecular weight excluding hydrogens is 260 g/mol. The third-order valence-corrected chi connectivity index (χ3v) is 3.05. The van der Waals surface area contributed by atoms with Crippen molar-refractivity contribution in [2.24, 2.45) is 5.92 Å². The summed E-state index contributed by atoms with van der Waals surface area (Å²) in [6.45, 7) is 0. The molecule has 1 aromatic rings. The van der Waals surface area contributed by atoms with E-state index in [4.69, 9.17) is 0 Å². The minimum atomic E-state index is -3.10. The predicted octanol–water partition coefficient (Wildman–Crippen LogP) is 1.40. The van der Waals surface area contributed by atoms with E-state index in [-0.39, 0.29) is 16.2 Å². The molecule has 7 heteroatoms. The van der Waals surface area contributed by atoms with Gasteiger partial charge in [0.25, 0.3) is 17.7 Å². The number of benzene rings is 1. The smallest absolute Gasteiger partial charge is 0.329 e. The van der Waals surface area contributed by atoms with E-state index in [0.717, 1.165) is 0 Å². The quantitative estimate of drug-likeness (QED) is 0.760. The fourth-order valence-electron chi connectivity index (χ4n) is 1.87. The molecule has 98 valence electrons. The van der Waals surface area contributed by atoms with E-state index in [1.807, 2.05) is 0 Å². The summed E-state index contributed by atoms with van der Waals surface area (Å²) in [5.41, 5.74) is 0.172. The van der Waals surface area contributed by atoms with Crippen molar-refractivity contribution in [1.29, 1.82) is 0 Å². The second kappa shape index (κ2) is 3.59. The maximum Gasteiger partial charge on any atom is 0.342 e. The highest BCUT2D eigenvalue weighted by Gasteiger charge is 2.63. The molecule has 0 saturated heterocycles. The molecule has 0 bridgehead atoms. The second-order valence-corrected chi connectivity index (χ2v) is 4.38. The maximum absolute atomic E-state index is 12.7. The van der Waals surface area contributed by atoms with Gasteiger partial charge >= 0.3 is 5.97 Å². The minimum absolute atomic E-state index is 0.0860. The first-order valence-electron chi connectivity index (χ1n) is 5.49. The van der Waals surface area contributed by atoms with E-state index < -0.39 is 36.0 Å². The van der Waals surface area contributed by atoms with Crippen molar-refractivity contribution < 1.29 is 28.0 Å².